The fourth-order valence-corrected chi connectivity index (χ4v) is 2.87. The number of thiocarbonyl (C=S) groups is 1. The van der Waals surface area contributed by atoms with E-state index in [1.54, 1.807) is 0 Å². The molecule has 4 heteroatoms. The molecule has 1 rings (SSSR count). The Morgan fingerprint density at radius 3 is 2.13 bits per heavy atom. The van der Waals surface area contributed by atoms with Crippen LogP contribution in [0.2, 0.25) is 0 Å². The van der Waals surface area contributed by atoms with E-state index in [1.807, 2.05) is 0 Å². The van der Waals surface area contributed by atoms with Gasteiger partial charge in [0.15, 0.2) is 0 Å². The van der Waals surface area contributed by atoms with Gasteiger partial charge in [-0.3, -0.25) is 4.90 Å². The molecule has 1 aliphatic rings. The second-order valence-electron chi connectivity index (χ2n) is 4.37. The number of likely N-dealkylation sites (tertiary alicyclic amines) is 1. The van der Waals surface area contributed by atoms with Crippen LogP contribution < -0.4 is 5.73 Å². The Balaban J connectivity index is 2.83. The SMILES string of the molecule is CCN(CC)C1(C(N)=S)CCN(C)CC1. The zero-order valence-electron chi connectivity index (χ0n) is 10.1. The highest BCUT2D eigenvalue weighted by atomic mass is 32.1. The third kappa shape index (κ3) is 2.49. The lowest BCUT2D eigenvalue weighted by molar-refractivity contribution is 0.0888. The first-order chi connectivity index (χ1) is 7.06. The first kappa shape index (κ1) is 12.9. The number of hydrogen-bond acceptors (Lipinski definition) is 3. The summed E-state index contributed by atoms with van der Waals surface area (Å²) in [4.78, 5) is 5.45. The van der Waals surface area contributed by atoms with Gasteiger partial charge in [-0.05, 0) is 33.0 Å². The summed E-state index contributed by atoms with van der Waals surface area (Å²) >= 11 is 5.29. The molecule has 0 radical (unpaired) electrons. The molecule has 0 saturated carbocycles. The molecular formula is C11H23N3S. The predicted molar refractivity (Wildman–Crippen MR) is 69.2 cm³/mol. The highest BCUT2D eigenvalue weighted by Crippen LogP contribution is 2.28. The van der Waals surface area contributed by atoms with E-state index in [0.717, 1.165) is 39.0 Å². The predicted octanol–water partition coefficient (Wildman–Crippen LogP) is 1.08. The molecule has 0 aromatic heterocycles. The van der Waals surface area contributed by atoms with Crippen LogP contribution in [-0.2, 0) is 0 Å². The van der Waals surface area contributed by atoms with E-state index in [9.17, 15) is 0 Å². The van der Waals surface area contributed by atoms with E-state index in [0.29, 0.717) is 4.99 Å². The van der Waals surface area contributed by atoms with Crippen molar-refractivity contribution in [2.24, 2.45) is 5.73 Å². The van der Waals surface area contributed by atoms with Crippen molar-refractivity contribution in [2.75, 3.05) is 33.2 Å². The highest BCUT2D eigenvalue weighted by Gasteiger charge is 2.40. The Kier molecular flexibility index (Phi) is 4.49. The van der Waals surface area contributed by atoms with E-state index in [-0.39, 0.29) is 5.54 Å². The second-order valence-corrected chi connectivity index (χ2v) is 4.81. The van der Waals surface area contributed by atoms with Crippen LogP contribution in [0.25, 0.3) is 0 Å². The monoisotopic (exact) mass is 229 g/mol. The Labute approximate surface area is 98.6 Å². The van der Waals surface area contributed by atoms with E-state index in [1.165, 1.54) is 0 Å². The number of likely N-dealkylation sites (N-methyl/N-ethyl adjacent to an activating group) is 1. The smallest absolute Gasteiger partial charge is 0.0934 e. The van der Waals surface area contributed by atoms with Crippen molar-refractivity contribution < 1.29 is 0 Å². The zero-order chi connectivity index (χ0) is 11.5. The lowest BCUT2D eigenvalue weighted by atomic mass is 9.85. The Morgan fingerprint density at radius 1 is 1.33 bits per heavy atom. The van der Waals surface area contributed by atoms with Crippen LogP contribution in [0.5, 0.6) is 0 Å². The van der Waals surface area contributed by atoms with Crippen molar-refractivity contribution in [1.29, 1.82) is 0 Å². The lowest BCUT2D eigenvalue weighted by Gasteiger charge is -2.47. The minimum absolute atomic E-state index is 0.0225. The van der Waals surface area contributed by atoms with Crippen LogP contribution in [0.15, 0.2) is 0 Å². The zero-order valence-corrected chi connectivity index (χ0v) is 10.9. The molecular weight excluding hydrogens is 206 g/mol. The molecule has 2 N–H and O–H groups in total. The largest absolute Gasteiger partial charge is 0.392 e. The molecule has 0 bridgehead atoms. The minimum Gasteiger partial charge on any atom is -0.392 e. The van der Waals surface area contributed by atoms with Crippen molar-refractivity contribution in [3.05, 3.63) is 0 Å². The maximum absolute atomic E-state index is 5.97. The van der Waals surface area contributed by atoms with Gasteiger partial charge in [0.2, 0.25) is 0 Å². The second kappa shape index (κ2) is 5.23. The minimum atomic E-state index is -0.0225. The van der Waals surface area contributed by atoms with E-state index in [4.69, 9.17) is 18.0 Å². The summed E-state index contributed by atoms with van der Waals surface area (Å²) in [6.45, 7) is 8.60. The van der Waals surface area contributed by atoms with Gasteiger partial charge in [-0.1, -0.05) is 26.1 Å². The van der Waals surface area contributed by atoms with Gasteiger partial charge in [-0.25, -0.2) is 0 Å². The molecule has 1 saturated heterocycles. The van der Waals surface area contributed by atoms with Gasteiger partial charge in [-0.2, -0.15) is 0 Å². The number of hydrogen-bond donors (Lipinski definition) is 1. The molecule has 1 heterocycles. The maximum Gasteiger partial charge on any atom is 0.0934 e. The summed E-state index contributed by atoms with van der Waals surface area (Å²) in [5.74, 6) is 0. The van der Waals surface area contributed by atoms with E-state index in [2.05, 4.69) is 30.7 Å². The maximum atomic E-state index is 5.97. The lowest BCUT2D eigenvalue weighted by Crippen LogP contribution is -2.61. The van der Waals surface area contributed by atoms with Crippen molar-refractivity contribution in [1.82, 2.24) is 9.80 Å². The topological polar surface area (TPSA) is 32.5 Å². The Hall–Kier alpha value is -0.190. The molecule has 0 aromatic rings. The van der Waals surface area contributed by atoms with Gasteiger partial charge in [0, 0.05) is 13.1 Å². The number of piperidine rings is 1. The molecule has 0 atom stereocenters. The van der Waals surface area contributed by atoms with Crippen LogP contribution in [-0.4, -0.2) is 53.6 Å². The standard InChI is InChI=1S/C11H23N3S/c1-4-14(5-2)11(10(12)15)6-8-13(3)9-7-11/h4-9H2,1-3H3,(H2,12,15). The summed E-state index contributed by atoms with van der Waals surface area (Å²) in [6, 6.07) is 0. The van der Waals surface area contributed by atoms with Crippen molar-refractivity contribution in [2.45, 2.75) is 32.2 Å². The van der Waals surface area contributed by atoms with Crippen molar-refractivity contribution >= 4 is 17.2 Å². The molecule has 1 fully saturated rings. The summed E-state index contributed by atoms with van der Waals surface area (Å²) in [5.41, 5.74) is 5.95. The van der Waals surface area contributed by atoms with Gasteiger partial charge in [0.25, 0.3) is 0 Å². The highest BCUT2D eigenvalue weighted by molar-refractivity contribution is 7.80. The van der Waals surface area contributed by atoms with Gasteiger partial charge < -0.3 is 10.6 Å². The molecule has 0 aliphatic carbocycles. The molecule has 0 unspecified atom stereocenters. The van der Waals surface area contributed by atoms with Crippen LogP contribution >= 0.6 is 12.2 Å². The molecule has 0 aromatic carbocycles. The summed E-state index contributed by atoms with van der Waals surface area (Å²) in [6.07, 6.45) is 2.14. The number of rotatable bonds is 4. The third-order valence-corrected chi connectivity index (χ3v) is 4.02. The Morgan fingerprint density at radius 2 is 1.80 bits per heavy atom. The summed E-state index contributed by atoms with van der Waals surface area (Å²) in [5, 5.41) is 0. The molecule has 1 aliphatic heterocycles. The fraction of sp³-hybridized carbons (Fsp3) is 0.909. The van der Waals surface area contributed by atoms with Gasteiger partial charge in [0.05, 0.1) is 10.5 Å². The van der Waals surface area contributed by atoms with Crippen LogP contribution in [0.4, 0.5) is 0 Å². The van der Waals surface area contributed by atoms with E-state index >= 15 is 0 Å². The van der Waals surface area contributed by atoms with E-state index < -0.39 is 0 Å². The number of nitrogens with two attached hydrogens (primary N) is 1. The van der Waals surface area contributed by atoms with Crippen molar-refractivity contribution in [3.8, 4) is 0 Å². The quantitative estimate of drug-likeness (QED) is 0.731. The normalized spacial score (nSPS) is 21.9. The summed E-state index contributed by atoms with van der Waals surface area (Å²) < 4.78 is 0. The van der Waals surface area contributed by atoms with Crippen molar-refractivity contribution in [3.63, 3.8) is 0 Å². The summed E-state index contributed by atoms with van der Waals surface area (Å²) in [7, 11) is 2.16. The molecule has 0 spiro atoms. The Bertz CT molecular complexity index is 218. The van der Waals surface area contributed by atoms with Gasteiger partial charge in [-0.15, -0.1) is 0 Å². The molecule has 88 valence electrons. The van der Waals surface area contributed by atoms with Gasteiger partial charge >= 0.3 is 0 Å². The van der Waals surface area contributed by atoms with Crippen LogP contribution in [0.1, 0.15) is 26.7 Å². The molecule has 15 heavy (non-hydrogen) atoms. The molecule has 0 amide bonds. The fourth-order valence-electron chi connectivity index (χ4n) is 2.54. The number of nitrogens with zero attached hydrogens (tertiary/aromatic N) is 2. The first-order valence-electron chi connectivity index (χ1n) is 5.80. The third-order valence-electron chi connectivity index (χ3n) is 3.64. The van der Waals surface area contributed by atoms with Crippen LogP contribution in [0, 0.1) is 0 Å². The molecule has 3 nitrogen and oxygen atoms in total. The van der Waals surface area contributed by atoms with Crippen LogP contribution in [0.3, 0.4) is 0 Å². The van der Waals surface area contributed by atoms with Gasteiger partial charge in [0.1, 0.15) is 0 Å². The average Bonchev–Trinajstić information content (AvgIpc) is 2.22. The first-order valence-corrected chi connectivity index (χ1v) is 6.21. The average molecular weight is 229 g/mol.